The number of piperidine rings is 1. The molecule has 1 aliphatic rings. The van der Waals surface area contributed by atoms with Crippen LogP contribution in [0.2, 0.25) is 0 Å². The lowest BCUT2D eigenvalue weighted by molar-refractivity contribution is -0.144. The van der Waals surface area contributed by atoms with Crippen LogP contribution in [0.15, 0.2) is 53.4 Å². The summed E-state index contributed by atoms with van der Waals surface area (Å²) in [7, 11) is -1.20. The van der Waals surface area contributed by atoms with Gasteiger partial charge in [-0.3, -0.25) is 4.79 Å². The average molecular weight is 507 g/mol. The Labute approximate surface area is 204 Å². The molecule has 2 aromatic carbocycles. The van der Waals surface area contributed by atoms with Crippen LogP contribution in [0, 0.1) is 5.92 Å². The van der Waals surface area contributed by atoms with Gasteiger partial charge in [0.05, 0.1) is 18.6 Å². The van der Waals surface area contributed by atoms with E-state index in [0.717, 1.165) is 15.4 Å². The van der Waals surface area contributed by atoms with Crippen LogP contribution in [-0.4, -0.2) is 86.4 Å². The van der Waals surface area contributed by atoms with Crippen LogP contribution in [-0.2, 0) is 19.6 Å². The molecule has 2 N–H and O–H groups in total. The summed E-state index contributed by atoms with van der Waals surface area (Å²) in [4.78, 5) is 24.7. The molecule has 11 heteroatoms. The molecule has 1 amide bonds. The lowest BCUT2D eigenvalue weighted by atomic mass is 9.89. The number of sulfonamides is 1. The van der Waals surface area contributed by atoms with Crippen molar-refractivity contribution >= 4 is 22.1 Å². The number of hydrogen-bond acceptors (Lipinski definition) is 6. The Morgan fingerprint density at radius 2 is 1.54 bits per heavy atom. The molecular weight excluding hydrogens is 476 g/mol. The van der Waals surface area contributed by atoms with Crippen molar-refractivity contribution in [3.05, 3.63) is 48.5 Å². The van der Waals surface area contributed by atoms with Gasteiger partial charge in [-0.2, -0.15) is 4.31 Å². The van der Waals surface area contributed by atoms with Crippen molar-refractivity contribution in [2.75, 3.05) is 40.5 Å². The van der Waals surface area contributed by atoms with Gasteiger partial charge >= 0.3 is 12.1 Å². The standard InChI is InChI=1S/C24H30N2O8S/c1-33-16-15-26(22(23(27)28)19-11-13-25(14-12-19)24(29)30)35(31,32)21-9-5-18(6-10-21)17-3-7-20(34-2)8-4-17/h3-10,19,22H,11-16H2,1-2H3,(H,27,28)(H,29,30). The van der Waals surface area contributed by atoms with Crippen LogP contribution in [0.1, 0.15) is 12.8 Å². The Balaban J connectivity index is 1.89. The van der Waals surface area contributed by atoms with E-state index >= 15 is 0 Å². The first-order valence-corrected chi connectivity index (χ1v) is 12.6. The highest BCUT2D eigenvalue weighted by Crippen LogP contribution is 2.30. The van der Waals surface area contributed by atoms with Crippen molar-refractivity contribution in [3.63, 3.8) is 0 Å². The number of amides is 1. The maximum absolute atomic E-state index is 13.6. The zero-order chi connectivity index (χ0) is 25.6. The summed E-state index contributed by atoms with van der Waals surface area (Å²) in [5, 5.41) is 19.2. The van der Waals surface area contributed by atoms with E-state index in [-0.39, 0.29) is 44.0 Å². The fraction of sp³-hybridized carbons (Fsp3) is 0.417. The number of carbonyl (C=O) groups is 2. The van der Waals surface area contributed by atoms with E-state index in [2.05, 4.69) is 0 Å². The van der Waals surface area contributed by atoms with E-state index in [1.54, 1.807) is 31.4 Å². The Morgan fingerprint density at radius 3 is 2.00 bits per heavy atom. The van der Waals surface area contributed by atoms with Crippen LogP contribution >= 0.6 is 0 Å². The fourth-order valence-electron chi connectivity index (χ4n) is 4.29. The van der Waals surface area contributed by atoms with E-state index in [1.165, 1.54) is 24.1 Å². The van der Waals surface area contributed by atoms with Crippen LogP contribution in [0.4, 0.5) is 4.79 Å². The van der Waals surface area contributed by atoms with Gasteiger partial charge in [0, 0.05) is 26.7 Å². The molecule has 0 aromatic heterocycles. The van der Waals surface area contributed by atoms with Crippen molar-refractivity contribution in [1.29, 1.82) is 0 Å². The Bertz CT molecular complexity index is 1110. The molecule has 2 aromatic rings. The van der Waals surface area contributed by atoms with Crippen molar-refractivity contribution in [2.24, 2.45) is 5.92 Å². The van der Waals surface area contributed by atoms with Gasteiger partial charge in [0.15, 0.2) is 0 Å². The molecular formula is C24H30N2O8S. The van der Waals surface area contributed by atoms with Gasteiger partial charge in [0.1, 0.15) is 11.8 Å². The predicted octanol–water partition coefficient (Wildman–Crippen LogP) is 2.84. The molecule has 1 unspecified atom stereocenters. The van der Waals surface area contributed by atoms with Gasteiger partial charge in [-0.25, -0.2) is 13.2 Å². The summed E-state index contributed by atoms with van der Waals surface area (Å²) in [6.45, 7) is 0.174. The monoisotopic (exact) mass is 506 g/mol. The zero-order valence-electron chi connectivity index (χ0n) is 19.7. The minimum atomic E-state index is -4.18. The van der Waals surface area contributed by atoms with Crippen LogP contribution in [0.3, 0.4) is 0 Å². The molecule has 1 fully saturated rings. The van der Waals surface area contributed by atoms with E-state index < -0.39 is 34.0 Å². The summed E-state index contributed by atoms with van der Waals surface area (Å²) in [6, 6.07) is 12.2. The molecule has 3 rings (SSSR count). The van der Waals surface area contributed by atoms with E-state index in [0.29, 0.717) is 5.75 Å². The average Bonchev–Trinajstić information content (AvgIpc) is 2.86. The highest BCUT2D eigenvalue weighted by atomic mass is 32.2. The number of carboxylic acid groups (broad SMARTS) is 2. The third-order valence-electron chi connectivity index (χ3n) is 6.22. The number of aliphatic carboxylic acids is 1. The number of carboxylic acids is 1. The smallest absolute Gasteiger partial charge is 0.407 e. The molecule has 190 valence electrons. The minimum Gasteiger partial charge on any atom is -0.497 e. The topological polar surface area (TPSA) is 134 Å². The van der Waals surface area contributed by atoms with Gasteiger partial charge in [0.25, 0.3) is 0 Å². The van der Waals surface area contributed by atoms with Gasteiger partial charge in [0.2, 0.25) is 10.0 Å². The first kappa shape index (κ1) is 26.5. The van der Waals surface area contributed by atoms with Crippen molar-refractivity contribution < 1.29 is 37.7 Å². The second-order valence-electron chi connectivity index (χ2n) is 8.25. The summed E-state index contributed by atoms with van der Waals surface area (Å²) in [5.74, 6) is -1.10. The number of methoxy groups -OCH3 is 2. The largest absolute Gasteiger partial charge is 0.497 e. The molecule has 0 saturated carbocycles. The lowest BCUT2D eigenvalue weighted by Gasteiger charge is -2.37. The highest BCUT2D eigenvalue weighted by Gasteiger charge is 2.42. The maximum atomic E-state index is 13.6. The maximum Gasteiger partial charge on any atom is 0.407 e. The Kier molecular flexibility index (Phi) is 8.71. The first-order chi connectivity index (χ1) is 16.7. The number of hydrogen-bond donors (Lipinski definition) is 2. The summed E-state index contributed by atoms with van der Waals surface area (Å²) >= 11 is 0. The SMILES string of the molecule is COCCN(C(C(=O)O)C1CCN(C(=O)O)CC1)S(=O)(=O)c1ccc(-c2ccc(OC)cc2)cc1. The molecule has 0 spiro atoms. The van der Waals surface area contributed by atoms with E-state index in [1.807, 2.05) is 12.1 Å². The van der Waals surface area contributed by atoms with Crippen LogP contribution in [0.5, 0.6) is 5.75 Å². The second kappa shape index (κ2) is 11.5. The zero-order valence-corrected chi connectivity index (χ0v) is 20.5. The van der Waals surface area contributed by atoms with Crippen LogP contribution in [0.25, 0.3) is 11.1 Å². The van der Waals surface area contributed by atoms with Gasteiger partial charge in [-0.1, -0.05) is 24.3 Å². The number of ether oxygens (including phenoxy) is 2. The van der Waals surface area contributed by atoms with Crippen molar-refractivity contribution in [2.45, 2.75) is 23.8 Å². The minimum absolute atomic E-state index is 0.0148. The molecule has 0 aliphatic carbocycles. The van der Waals surface area contributed by atoms with Gasteiger partial charge in [-0.05, 0) is 54.2 Å². The van der Waals surface area contributed by atoms with E-state index in [4.69, 9.17) is 9.47 Å². The molecule has 0 bridgehead atoms. The van der Waals surface area contributed by atoms with E-state index in [9.17, 15) is 28.2 Å². The third kappa shape index (κ3) is 6.11. The molecule has 1 aliphatic heterocycles. The Morgan fingerprint density at radius 1 is 1.00 bits per heavy atom. The second-order valence-corrected chi connectivity index (χ2v) is 10.1. The fourth-order valence-corrected chi connectivity index (χ4v) is 5.92. The molecule has 1 heterocycles. The number of likely N-dealkylation sites (tertiary alicyclic amines) is 1. The molecule has 1 saturated heterocycles. The predicted molar refractivity (Wildman–Crippen MR) is 128 cm³/mol. The normalized spacial score (nSPS) is 15.7. The van der Waals surface area contributed by atoms with Crippen molar-refractivity contribution in [3.8, 4) is 16.9 Å². The van der Waals surface area contributed by atoms with Gasteiger partial charge < -0.3 is 24.6 Å². The third-order valence-corrected chi connectivity index (χ3v) is 8.12. The summed E-state index contributed by atoms with van der Waals surface area (Å²) in [5.41, 5.74) is 1.67. The molecule has 10 nitrogen and oxygen atoms in total. The molecule has 1 atom stereocenters. The number of nitrogens with zero attached hydrogens (tertiary/aromatic N) is 2. The lowest BCUT2D eigenvalue weighted by Crippen LogP contribution is -2.53. The first-order valence-electron chi connectivity index (χ1n) is 11.1. The highest BCUT2D eigenvalue weighted by molar-refractivity contribution is 7.89. The summed E-state index contributed by atoms with van der Waals surface area (Å²) in [6.07, 6.45) is -0.576. The quantitative estimate of drug-likeness (QED) is 0.503. The van der Waals surface area contributed by atoms with Crippen molar-refractivity contribution in [1.82, 2.24) is 9.21 Å². The Hall–Kier alpha value is -3.15. The molecule has 0 radical (unpaired) electrons. The van der Waals surface area contributed by atoms with Gasteiger partial charge in [-0.15, -0.1) is 0 Å². The summed E-state index contributed by atoms with van der Waals surface area (Å²) < 4.78 is 38.4. The van der Waals surface area contributed by atoms with Crippen LogP contribution < -0.4 is 4.74 Å². The number of benzene rings is 2. The molecule has 35 heavy (non-hydrogen) atoms. The number of rotatable bonds is 10.